The molecule has 0 heterocycles. The van der Waals surface area contributed by atoms with Gasteiger partial charge in [-0.2, -0.15) is 0 Å². The summed E-state index contributed by atoms with van der Waals surface area (Å²) in [5, 5.41) is 0. The van der Waals surface area contributed by atoms with Crippen molar-refractivity contribution in [3.05, 3.63) is 24.3 Å². The molecule has 0 fully saturated rings. The van der Waals surface area contributed by atoms with E-state index in [4.69, 9.17) is 16.5 Å². The molecule has 3 heteroatoms. The van der Waals surface area contributed by atoms with Crippen LogP contribution in [0, 0.1) is 0 Å². The first-order valence-corrected chi connectivity index (χ1v) is 4.23. The van der Waals surface area contributed by atoms with Crippen molar-refractivity contribution >= 4 is 17.5 Å². The molecule has 2 nitrogen and oxygen atoms in total. The average Bonchev–Trinajstić information content (AvgIpc) is 2.03. The number of benzene rings is 1. The predicted octanol–water partition coefficient (Wildman–Crippen LogP) is 3.04. The highest BCUT2D eigenvalue weighted by atomic mass is 35.5. The fraction of sp³-hybridized carbons (Fsp3) is 0.333. The number of hydrogen-bond acceptors (Lipinski definition) is 2. The van der Waals surface area contributed by atoms with Crippen LogP contribution in [0.2, 0.25) is 0 Å². The van der Waals surface area contributed by atoms with E-state index in [1.54, 1.807) is 0 Å². The van der Waals surface area contributed by atoms with E-state index in [0.717, 1.165) is 11.4 Å². The van der Waals surface area contributed by atoms with Gasteiger partial charge in [0.1, 0.15) is 5.75 Å². The normalized spacial score (nSPS) is 10.0. The lowest BCUT2D eigenvalue weighted by Gasteiger charge is -2.09. The van der Waals surface area contributed by atoms with Crippen molar-refractivity contribution in [3.8, 4) is 5.75 Å². The summed E-state index contributed by atoms with van der Waals surface area (Å²) < 4.78 is 5.46. The summed E-state index contributed by atoms with van der Waals surface area (Å²) in [5.74, 6) is 0.829. The molecular formula is C9H12ClNO. The number of halogens is 1. The first kappa shape index (κ1) is 9.20. The summed E-state index contributed by atoms with van der Waals surface area (Å²) >= 11 is 5.43. The lowest BCUT2D eigenvalue weighted by atomic mass is 10.3. The molecule has 0 bridgehead atoms. The standard InChI is InChI=1S/C9H12ClNO/c1-7(2)12-9-5-3-4-8(6-9)11-10/h3-7,11H,1-2H3. The van der Waals surface area contributed by atoms with E-state index >= 15 is 0 Å². The third kappa shape index (κ3) is 2.62. The Morgan fingerprint density at radius 1 is 1.42 bits per heavy atom. The topological polar surface area (TPSA) is 21.3 Å². The molecule has 1 aromatic rings. The Balaban J connectivity index is 2.72. The molecule has 0 aromatic heterocycles. The second kappa shape index (κ2) is 4.21. The lowest BCUT2D eigenvalue weighted by Crippen LogP contribution is -2.05. The number of nitrogens with one attached hydrogen (secondary N) is 1. The Bertz CT molecular complexity index is 250. The Kier molecular flexibility index (Phi) is 3.23. The first-order chi connectivity index (χ1) is 5.72. The predicted molar refractivity (Wildman–Crippen MR) is 51.7 cm³/mol. The van der Waals surface area contributed by atoms with Gasteiger partial charge in [-0.25, -0.2) is 0 Å². The molecule has 66 valence electrons. The molecule has 1 N–H and O–H groups in total. The highest BCUT2D eigenvalue weighted by molar-refractivity contribution is 6.23. The van der Waals surface area contributed by atoms with Gasteiger partial charge in [-0.1, -0.05) is 6.07 Å². The maximum Gasteiger partial charge on any atom is 0.121 e. The van der Waals surface area contributed by atoms with E-state index in [0.29, 0.717) is 0 Å². The molecule has 1 rings (SSSR count). The van der Waals surface area contributed by atoms with Crippen molar-refractivity contribution in [2.45, 2.75) is 20.0 Å². The lowest BCUT2D eigenvalue weighted by molar-refractivity contribution is 0.242. The average molecular weight is 186 g/mol. The molecule has 0 atom stereocenters. The second-order valence-electron chi connectivity index (χ2n) is 2.79. The van der Waals surface area contributed by atoms with Gasteiger partial charge in [0.25, 0.3) is 0 Å². The van der Waals surface area contributed by atoms with Gasteiger partial charge in [-0.3, -0.25) is 4.84 Å². The van der Waals surface area contributed by atoms with Gasteiger partial charge >= 0.3 is 0 Å². The maximum absolute atomic E-state index is 5.46. The molecule has 0 amide bonds. The van der Waals surface area contributed by atoms with Crippen molar-refractivity contribution in [2.24, 2.45) is 0 Å². The number of anilines is 1. The zero-order valence-electron chi connectivity index (χ0n) is 7.17. The molecule has 0 unspecified atom stereocenters. The SMILES string of the molecule is CC(C)Oc1cccc(NCl)c1. The summed E-state index contributed by atoms with van der Waals surface area (Å²) in [4.78, 5) is 2.53. The molecule has 12 heavy (non-hydrogen) atoms. The highest BCUT2D eigenvalue weighted by Crippen LogP contribution is 2.18. The molecule has 0 saturated heterocycles. The van der Waals surface area contributed by atoms with Crippen molar-refractivity contribution in [3.63, 3.8) is 0 Å². The monoisotopic (exact) mass is 185 g/mol. The highest BCUT2D eigenvalue weighted by Gasteiger charge is 1.97. The van der Waals surface area contributed by atoms with Crippen LogP contribution in [0.5, 0.6) is 5.75 Å². The Hall–Kier alpha value is -0.890. The molecule has 0 aliphatic carbocycles. The number of hydrogen-bond donors (Lipinski definition) is 1. The summed E-state index contributed by atoms with van der Waals surface area (Å²) in [6, 6.07) is 7.52. The van der Waals surface area contributed by atoms with Crippen molar-refractivity contribution < 1.29 is 4.74 Å². The Morgan fingerprint density at radius 2 is 2.17 bits per heavy atom. The largest absolute Gasteiger partial charge is 0.491 e. The van der Waals surface area contributed by atoms with Gasteiger partial charge < -0.3 is 4.74 Å². The zero-order valence-corrected chi connectivity index (χ0v) is 7.93. The molecular weight excluding hydrogens is 174 g/mol. The van der Waals surface area contributed by atoms with Gasteiger partial charge in [-0.15, -0.1) is 0 Å². The molecule has 0 aliphatic rings. The van der Waals surface area contributed by atoms with Crippen molar-refractivity contribution in [1.82, 2.24) is 0 Å². The number of rotatable bonds is 3. The van der Waals surface area contributed by atoms with Crippen LogP contribution in [0.4, 0.5) is 5.69 Å². The van der Waals surface area contributed by atoms with Gasteiger partial charge in [0, 0.05) is 17.8 Å². The maximum atomic E-state index is 5.46. The molecule has 0 saturated carbocycles. The quantitative estimate of drug-likeness (QED) is 0.731. The minimum atomic E-state index is 0.190. The van der Waals surface area contributed by atoms with Gasteiger partial charge in [-0.05, 0) is 26.0 Å². The van der Waals surface area contributed by atoms with Crippen LogP contribution < -0.4 is 9.57 Å². The third-order valence-corrected chi connectivity index (χ3v) is 1.53. The fourth-order valence-electron chi connectivity index (χ4n) is 0.900. The van der Waals surface area contributed by atoms with E-state index < -0.39 is 0 Å². The first-order valence-electron chi connectivity index (χ1n) is 3.85. The van der Waals surface area contributed by atoms with Crippen LogP contribution in [-0.2, 0) is 0 Å². The van der Waals surface area contributed by atoms with Gasteiger partial charge in [0.2, 0.25) is 0 Å². The van der Waals surface area contributed by atoms with Crippen LogP contribution in [-0.4, -0.2) is 6.10 Å². The van der Waals surface area contributed by atoms with E-state index in [-0.39, 0.29) is 6.10 Å². The summed E-state index contributed by atoms with van der Waals surface area (Å²) in [6.07, 6.45) is 0.190. The van der Waals surface area contributed by atoms with Crippen molar-refractivity contribution in [2.75, 3.05) is 4.84 Å². The minimum absolute atomic E-state index is 0.190. The zero-order chi connectivity index (χ0) is 8.97. The van der Waals surface area contributed by atoms with Crippen molar-refractivity contribution in [1.29, 1.82) is 0 Å². The smallest absolute Gasteiger partial charge is 0.121 e. The van der Waals surface area contributed by atoms with Crippen LogP contribution in [0.15, 0.2) is 24.3 Å². The summed E-state index contributed by atoms with van der Waals surface area (Å²) in [7, 11) is 0. The van der Waals surface area contributed by atoms with Crippen LogP contribution in [0.25, 0.3) is 0 Å². The van der Waals surface area contributed by atoms with E-state index in [1.807, 2.05) is 38.1 Å². The van der Waals surface area contributed by atoms with E-state index in [9.17, 15) is 0 Å². The third-order valence-electron chi connectivity index (χ3n) is 1.31. The van der Waals surface area contributed by atoms with Gasteiger partial charge in [0.05, 0.1) is 11.8 Å². The minimum Gasteiger partial charge on any atom is -0.491 e. The Morgan fingerprint density at radius 3 is 2.75 bits per heavy atom. The van der Waals surface area contributed by atoms with Crippen LogP contribution >= 0.6 is 11.8 Å². The molecule has 0 aliphatic heterocycles. The summed E-state index contributed by atoms with van der Waals surface area (Å²) in [6.45, 7) is 3.97. The van der Waals surface area contributed by atoms with E-state index in [2.05, 4.69) is 4.84 Å². The Labute approximate surface area is 77.6 Å². The molecule has 1 aromatic carbocycles. The molecule has 0 spiro atoms. The van der Waals surface area contributed by atoms with Gasteiger partial charge in [0.15, 0.2) is 0 Å². The number of ether oxygens (including phenoxy) is 1. The van der Waals surface area contributed by atoms with E-state index in [1.165, 1.54) is 0 Å². The summed E-state index contributed by atoms with van der Waals surface area (Å²) in [5.41, 5.74) is 0.842. The second-order valence-corrected chi connectivity index (χ2v) is 2.98. The fourth-order valence-corrected chi connectivity index (χ4v) is 1.02. The van der Waals surface area contributed by atoms with Crippen LogP contribution in [0.1, 0.15) is 13.8 Å². The van der Waals surface area contributed by atoms with Crippen LogP contribution in [0.3, 0.4) is 0 Å². The molecule has 0 radical (unpaired) electrons.